The Balaban J connectivity index is 2.07. The molecule has 1 unspecified atom stereocenters. The van der Waals surface area contributed by atoms with E-state index in [1.807, 2.05) is 44.2 Å². The van der Waals surface area contributed by atoms with Crippen molar-refractivity contribution < 1.29 is 14.3 Å². The Labute approximate surface area is 204 Å². The van der Waals surface area contributed by atoms with Crippen LogP contribution in [0.15, 0.2) is 42.5 Å². The minimum absolute atomic E-state index is 0.0990. The summed E-state index contributed by atoms with van der Waals surface area (Å²) < 4.78 is 5.21. The Bertz CT molecular complexity index is 907. The molecule has 2 aromatic rings. The van der Waals surface area contributed by atoms with E-state index in [9.17, 15) is 9.59 Å². The molecular formula is C24H30Cl2N2O3S. The van der Waals surface area contributed by atoms with Crippen molar-refractivity contribution in [1.82, 2.24) is 10.2 Å². The van der Waals surface area contributed by atoms with Crippen LogP contribution in [0, 0.1) is 5.92 Å². The fraction of sp³-hybridized carbons (Fsp3) is 0.417. The lowest BCUT2D eigenvalue weighted by molar-refractivity contribution is -0.138. The first-order chi connectivity index (χ1) is 15.2. The van der Waals surface area contributed by atoms with E-state index in [-0.39, 0.29) is 17.6 Å². The predicted octanol–water partition coefficient (Wildman–Crippen LogP) is 5.42. The third-order valence-corrected chi connectivity index (χ3v) is 6.57. The van der Waals surface area contributed by atoms with E-state index in [0.717, 1.165) is 16.9 Å². The van der Waals surface area contributed by atoms with Crippen LogP contribution >= 0.6 is 35.0 Å². The summed E-state index contributed by atoms with van der Waals surface area (Å²) in [6.07, 6.45) is 0. The maximum absolute atomic E-state index is 13.1. The quantitative estimate of drug-likeness (QED) is 0.450. The molecule has 174 valence electrons. The van der Waals surface area contributed by atoms with E-state index in [1.165, 1.54) is 11.8 Å². The predicted molar refractivity (Wildman–Crippen MR) is 133 cm³/mol. The van der Waals surface area contributed by atoms with E-state index in [4.69, 9.17) is 27.9 Å². The number of rotatable bonds is 11. The number of halogens is 2. The number of amides is 2. The highest BCUT2D eigenvalue weighted by atomic mass is 35.5. The zero-order chi connectivity index (χ0) is 23.7. The average molecular weight is 497 g/mol. The van der Waals surface area contributed by atoms with E-state index < -0.39 is 6.04 Å². The van der Waals surface area contributed by atoms with E-state index in [0.29, 0.717) is 34.8 Å². The van der Waals surface area contributed by atoms with Crippen LogP contribution in [0.25, 0.3) is 0 Å². The lowest BCUT2D eigenvalue weighted by Crippen LogP contribution is -2.48. The second-order valence-corrected chi connectivity index (χ2v) is 9.73. The zero-order valence-electron chi connectivity index (χ0n) is 18.9. The van der Waals surface area contributed by atoms with Crippen LogP contribution in [0.4, 0.5) is 0 Å². The number of hydrogen-bond donors (Lipinski definition) is 1. The summed E-state index contributed by atoms with van der Waals surface area (Å²) in [5.41, 5.74) is 1.92. The Morgan fingerprint density at radius 3 is 2.28 bits per heavy atom. The molecule has 0 fully saturated rings. The standard InChI is InChI=1S/C24H30Cl2N2O3S/c1-16(2)12-27-24(30)17(3)28(13-18-5-8-20(31-4)9-6-18)23(29)15-32-14-19-7-10-21(25)22(26)11-19/h5-11,16-17H,12-15H2,1-4H3,(H,27,30). The van der Waals surface area contributed by atoms with Crippen molar-refractivity contribution in [3.8, 4) is 5.75 Å². The van der Waals surface area contributed by atoms with Crippen molar-refractivity contribution in [2.45, 2.75) is 39.1 Å². The molecule has 1 N–H and O–H groups in total. The van der Waals surface area contributed by atoms with Gasteiger partial charge in [0, 0.05) is 18.8 Å². The molecule has 0 aliphatic rings. The molecule has 5 nitrogen and oxygen atoms in total. The molecule has 8 heteroatoms. The lowest BCUT2D eigenvalue weighted by atomic mass is 10.1. The third-order valence-electron chi connectivity index (χ3n) is 4.84. The van der Waals surface area contributed by atoms with Gasteiger partial charge in [0.05, 0.1) is 22.9 Å². The Morgan fingerprint density at radius 1 is 1.03 bits per heavy atom. The number of carbonyl (C=O) groups is 2. The van der Waals surface area contributed by atoms with Gasteiger partial charge in [-0.2, -0.15) is 0 Å². The zero-order valence-corrected chi connectivity index (χ0v) is 21.2. The topological polar surface area (TPSA) is 58.6 Å². The first-order valence-corrected chi connectivity index (χ1v) is 12.3. The SMILES string of the molecule is COc1ccc(CN(C(=O)CSCc2ccc(Cl)c(Cl)c2)C(C)C(=O)NCC(C)C)cc1. The monoisotopic (exact) mass is 496 g/mol. The van der Waals surface area contributed by atoms with Crippen LogP contribution in [0.1, 0.15) is 31.9 Å². The van der Waals surface area contributed by atoms with Gasteiger partial charge in [0.15, 0.2) is 0 Å². The Morgan fingerprint density at radius 2 is 1.69 bits per heavy atom. The second kappa shape index (κ2) is 13.0. The molecule has 1 atom stereocenters. The molecular weight excluding hydrogens is 467 g/mol. The molecule has 32 heavy (non-hydrogen) atoms. The molecule has 0 radical (unpaired) electrons. The number of benzene rings is 2. The van der Waals surface area contributed by atoms with Gasteiger partial charge in [0.1, 0.15) is 11.8 Å². The molecule has 0 heterocycles. The van der Waals surface area contributed by atoms with Crippen molar-refractivity contribution in [3.05, 3.63) is 63.6 Å². The molecule has 0 aliphatic carbocycles. The van der Waals surface area contributed by atoms with E-state index in [1.54, 1.807) is 31.1 Å². The lowest BCUT2D eigenvalue weighted by Gasteiger charge is -2.29. The van der Waals surface area contributed by atoms with Crippen molar-refractivity contribution in [2.75, 3.05) is 19.4 Å². The molecule has 0 spiro atoms. The van der Waals surface area contributed by atoms with Gasteiger partial charge in [-0.1, -0.05) is 55.2 Å². The summed E-state index contributed by atoms with van der Waals surface area (Å²) in [4.78, 5) is 27.4. The number of nitrogens with one attached hydrogen (secondary N) is 1. The molecule has 2 rings (SSSR count). The molecule has 0 bridgehead atoms. The van der Waals surface area contributed by atoms with Gasteiger partial charge in [0.2, 0.25) is 11.8 Å². The largest absolute Gasteiger partial charge is 0.497 e. The third kappa shape index (κ3) is 8.23. The van der Waals surface area contributed by atoms with Gasteiger partial charge in [-0.25, -0.2) is 0 Å². The summed E-state index contributed by atoms with van der Waals surface area (Å²) in [6.45, 7) is 6.74. The van der Waals surface area contributed by atoms with Crippen LogP contribution < -0.4 is 10.1 Å². The highest BCUT2D eigenvalue weighted by Crippen LogP contribution is 2.25. The normalized spacial score (nSPS) is 11.8. The van der Waals surface area contributed by atoms with Crippen molar-refractivity contribution in [3.63, 3.8) is 0 Å². The number of carbonyl (C=O) groups excluding carboxylic acids is 2. The highest BCUT2D eigenvalue weighted by Gasteiger charge is 2.26. The number of nitrogens with zero attached hydrogens (tertiary/aromatic N) is 1. The van der Waals surface area contributed by atoms with Gasteiger partial charge in [-0.05, 0) is 48.2 Å². The second-order valence-electron chi connectivity index (χ2n) is 7.93. The van der Waals surface area contributed by atoms with Gasteiger partial charge < -0.3 is 15.0 Å². The summed E-state index contributed by atoms with van der Waals surface area (Å²) in [5.74, 6) is 1.68. The van der Waals surface area contributed by atoms with E-state index in [2.05, 4.69) is 5.32 Å². The van der Waals surface area contributed by atoms with Crippen molar-refractivity contribution >= 4 is 46.8 Å². The maximum Gasteiger partial charge on any atom is 0.242 e. The minimum atomic E-state index is -0.589. The van der Waals surface area contributed by atoms with Gasteiger partial charge in [-0.3, -0.25) is 9.59 Å². The highest BCUT2D eigenvalue weighted by molar-refractivity contribution is 7.99. The Hall–Kier alpha value is -1.89. The van der Waals surface area contributed by atoms with Crippen LogP contribution in [0.3, 0.4) is 0 Å². The molecule has 0 aliphatic heterocycles. The summed E-state index contributed by atoms with van der Waals surface area (Å²) in [5, 5.41) is 3.92. The van der Waals surface area contributed by atoms with Gasteiger partial charge in [-0.15, -0.1) is 11.8 Å². The number of hydrogen-bond acceptors (Lipinski definition) is 4. The van der Waals surface area contributed by atoms with Crippen LogP contribution in [0.2, 0.25) is 10.0 Å². The fourth-order valence-corrected chi connectivity index (χ4v) is 4.11. The van der Waals surface area contributed by atoms with E-state index >= 15 is 0 Å². The average Bonchev–Trinajstić information content (AvgIpc) is 2.78. The summed E-state index contributed by atoms with van der Waals surface area (Å²) in [7, 11) is 1.61. The number of methoxy groups -OCH3 is 1. The van der Waals surface area contributed by atoms with Crippen LogP contribution in [-0.4, -0.2) is 42.2 Å². The molecule has 2 aromatic carbocycles. The Kier molecular flexibility index (Phi) is 10.7. The fourth-order valence-electron chi connectivity index (χ4n) is 2.93. The summed E-state index contributed by atoms with van der Waals surface area (Å²) >= 11 is 13.5. The van der Waals surface area contributed by atoms with Crippen LogP contribution in [-0.2, 0) is 21.9 Å². The van der Waals surface area contributed by atoms with Gasteiger partial charge >= 0.3 is 0 Å². The van der Waals surface area contributed by atoms with Crippen LogP contribution in [0.5, 0.6) is 5.75 Å². The maximum atomic E-state index is 13.1. The molecule has 0 saturated heterocycles. The smallest absolute Gasteiger partial charge is 0.242 e. The number of ether oxygens (including phenoxy) is 1. The number of thioether (sulfide) groups is 1. The minimum Gasteiger partial charge on any atom is -0.497 e. The molecule has 0 saturated carbocycles. The molecule has 0 aromatic heterocycles. The summed E-state index contributed by atoms with van der Waals surface area (Å²) in [6, 6.07) is 12.4. The first-order valence-electron chi connectivity index (χ1n) is 10.4. The molecule has 2 amide bonds. The van der Waals surface area contributed by atoms with Crippen molar-refractivity contribution in [1.29, 1.82) is 0 Å². The van der Waals surface area contributed by atoms with Gasteiger partial charge in [0.25, 0.3) is 0 Å². The first kappa shape index (κ1) is 26.4. The van der Waals surface area contributed by atoms with Crippen molar-refractivity contribution in [2.24, 2.45) is 5.92 Å².